The molecular formula is C23H29IN4O2. The lowest BCUT2D eigenvalue weighted by atomic mass is 10.1. The van der Waals surface area contributed by atoms with Crippen LogP contribution in [0.3, 0.4) is 0 Å². The smallest absolute Gasteiger partial charge is 0.226 e. The first-order valence-corrected chi connectivity index (χ1v) is 9.85. The standard InChI is InChI=1S/C23H28N4O2.HI/c1-4-24-23(25-13-12-18-11-10-17(2)21(14-18)28-3)26-15-20-16-29-22(27-20)19-8-6-5-7-9-19;/h5-11,14,16H,4,12-13,15H2,1-3H3,(H2,24,25,26);1H. The van der Waals surface area contributed by atoms with Crippen LogP contribution < -0.4 is 15.4 Å². The molecule has 30 heavy (non-hydrogen) atoms. The molecule has 2 aromatic carbocycles. The molecule has 0 aliphatic rings. The van der Waals surface area contributed by atoms with E-state index in [0.29, 0.717) is 12.4 Å². The second-order valence-electron chi connectivity index (χ2n) is 6.69. The van der Waals surface area contributed by atoms with Gasteiger partial charge in [0.25, 0.3) is 0 Å². The number of oxazole rings is 1. The Morgan fingerprint density at radius 3 is 2.67 bits per heavy atom. The van der Waals surface area contributed by atoms with E-state index in [2.05, 4.69) is 38.8 Å². The Labute approximate surface area is 195 Å². The number of aliphatic imine (C=N–C) groups is 1. The van der Waals surface area contributed by atoms with Gasteiger partial charge in [-0.1, -0.05) is 30.3 Å². The molecule has 1 aromatic heterocycles. The molecule has 0 radical (unpaired) electrons. The summed E-state index contributed by atoms with van der Waals surface area (Å²) in [4.78, 5) is 9.14. The average Bonchev–Trinajstić information content (AvgIpc) is 3.23. The number of ether oxygens (including phenoxy) is 1. The van der Waals surface area contributed by atoms with Gasteiger partial charge >= 0.3 is 0 Å². The third kappa shape index (κ3) is 6.76. The summed E-state index contributed by atoms with van der Waals surface area (Å²) in [5, 5.41) is 6.63. The van der Waals surface area contributed by atoms with Crippen LogP contribution in [0.15, 0.2) is 64.2 Å². The molecule has 0 unspecified atom stereocenters. The van der Waals surface area contributed by atoms with Crippen LogP contribution in [0, 0.1) is 6.92 Å². The predicted octanol–water partition coefficient (Wildman–Crippen LogP) is 4.57. The molecule has 0 atom stereocenters. The molecule has 0 spiro atoms. The van der Waals surface area contributed by atoms with Gasteiger partial charge in [-0.25, -0.2) is 9.98 Å². The molecule has 6 nitrogen and oxygen atoms in total. The quantitative estimate of drug-likeness (QED) is 0.259. The van der Waals surface area contributed by atoms with Crippen molar-refractivity contribution in [2.24, 2.45) is 4.99 Å². The SMILES string of the molecule is CCNC(=NCc1coc(-c2ccccc2)n1)NCCc1ccc(C)c(OC)c1.I. The maximum absolute atomic E-state index is 5.58. The minimum Gasteiger partial charge on any atom is -0.496 e. The lowest BCUT2D eigenvalue weighted by Gasteiger charge is -2.12. The number of nitrogens with one attached hydrogen (secondary N) is 2. The summed E-state index contributed by atoms with van der Waals surface area (Å²) in [6.07, 6.45) is 2.54. The number of hydrogen-bond acceptors (Lipinski definition) is 4. The summed E-state index contributed by atoms with van der Waals surface area (Å²) in [7, 11) is 1.70. The Balaban J connectivity index is 0.00000320. The average molecular weight is 520 g/mol. The Morgan fingerprint density at radius 2 is 1.93 bits per heavy atom. The van der Waals surface area contributed by atoms with E-state index in [1.165, 1.54) is 5.56 Å². The second kappa shape index (κ2) is 12.2. The van der Waals surface area contributed by atoms with Crippen molar-refractivity contribution < 1.29 is 9.15 Å². The van der Waals surface area contributed by atoms with Crippen LogP contribution in [-0.2, 0) is 13.0 Å². The molecule has 0 aliphatic carbocycles. The Hall–Kier alpha value is -2.55. The minimum absolute atomic E-state index is 0. The Bertz CT molecular complexity index is 941. The fourth-order valence-electron chi connectivity index (χ4n) is 2.94. The highest BCUT2D eigenvalue weighted by Crippen LogP contribution is 2.19. The van der Waals surface area contributed by atoms with Gasteiger partial charge in [-0.2, -0.15) is 0 Å². The fourth-order valence-corrected chi connectivity index (χ4v) is 2.94. The van der Waals surface area contributed by atoms with Crippen LogP contribution >= 0.6 is 24.0 Å². The summed E-state index contributed by atoms with van der Waals surface area (Å²) in [5.41, 5.74) is 4.12. The lowest BCUT2D eigenvalue weighted by Crippen LogP contribution is -2.38. The fraction of sp³-hybridized carbons (Fsp3) is 0.304. The summed E-state index contributed by atoms with van der Waals surface area (Å²) in [6.45, 7) is 6.10. The largest absolute Gasteiger partial charge is 0.496 e. The maximum Gasteiger partial charge on any atom is 0.226 e. The molecule has 3 aromatic rings. The van der Waals surface area contributed by atoms with Crippen molar-refractivity contribution in [3.8, 4) is 17.2 Å². The summed E-state index contributed by atoms with van der Waals surface area (Å²) in [6, 6.07) is 16.2. The van der Waals surface area contributed by atoms with Crippen molar-refractivity contribution in [1.29, 1.82) is 0 Å². The zero-order valence-corrected chi connectivity index (χ0v) is 20.0. The van der Waals surface area contributed by atoms with E-state index >= 15 is 0 Å². The van der Waals surface area contributed by atoms with E-state index in [9.17, 15) is 0 Å². The normalized spacial score (nSPS) is 11.0. The highest BCUT2D eigenvalue weighted by Gasteiger charge is 2.06. The van der Waals surface area contributed by atoms with Crippen molar-refractivity contribution in [3.05, 3.63) is 71.6 Å². The molecule has 160 valence electrons. The van der Waals surface area contributed by atoms with Crippen LogP contribution in [0.1, 0.15) is 23.7 Å². The van der Waals surface area contributed by atoms with Gasteiger partial charge in [-0.15, -0.1) is 24.0 Å². The van der Waals surface area contributed by atoms with Crippen molar-refractivity contribution in [3.63, 3.8) is 0 Å². The van der Waals surface area contributed by atoms with Crippen LogP contribution in [-0.4, -0.2) is 31.1 Å². The number of aryl methyl sites for hydroxylation is 1. The first-order chi connectivity index (χ1) is 14.2. The monoisotopic (exact) mass is 520 g/mol. The summed E-state index contributed by atoms with van der Waals surface area (Å²) in [5.74, 6) is 2.29. The zero-order valence-electron chi connectivity index (χ0n) is 17.6. The third-order valence-electron chi connectivity index (χ3n) is 4.49. The number of hydrogen-bond donors (Lipinski definition) is 2. The third-order valence-corrected chi connectivity index (χ3v) is 4.49. The highest BCUT2D eigenvalue weighted by atomic mass is 127. The van der Waals surface area contributed by atoms with Gasteiger partial charge in [-0.05, 0) is 49.6 Å². The molecule has 0 saturated carbocycles. The Kier molecular flexibility index (Phi) is 9.66. The number of benzene rings is 2. The lowest BCUT2D eigenvalue weighted by molar-refractivity contribution is 0.411. The van der Waals surface area contributed by atoms with Crippen molar-refractivity contribution in [2.45, 2.75) is 26.8 Å². The van der Waals surface area contributed by atoms with Gasteiger partial charge in [0, 0.05) is 18.7 Å². The molecular weight excluding hydrogens is 491 g/mol. The predicted molar refractivity (Wildman–Crippen MR) is 132 cm³/mol. The van der Waals surface area contributed by atoms with Crippen molar-refractivity contribution >= 4 is 29.9 Å². The number of aromatic nitrogens is 1. The van der Waals surface area contributed by atoms with Crippen molar-refractivity contribution in [2.75, 3.05) is 20.2 Å². The van der Waals surface area contributed by atoms with Crippen LogP contribution in [0.4, 0.5) is 0 Å². The van der Waals surface area contributed by atoms with Gasteiger partial charge in [-0.3, -0.25) is 0 Å². The zero-order chi connectivity index (χ0) is 20.5. The van der Waals surface area contributed by atoms with E-state index in [1.807, 2.05) is 44.2 Å². The second-order valence-corrected chi connectivity index (χ2v) is 6.69. The number of halogens is 1. The van der Waals surface area contributed by atoms with Gasteiger partial charge in [0.1, 0.15) is 17.7 Å². The molecule has 0 amide bonds. The molecule has 0 fully saturated rings. The van der Waals surface area contributed by atoms with Gasteiger partial charge in [0.2, 0.25) is 5.89 Å². The molecule has 3 rings (SSSR count). The molecule has 0 saturated heterocycles. The number of guanidine groups is 1. The van der Waals surface area contributed by atoms with E-state index in [1.54, 1.807) is 13.4 Å². The Morgan fingerprint density at radius 1 is 1.13 bits per heavy atom. The maximum atomic E-state index is 5.58. The topological polar surface area (TPSA) is 71.7 Å². The number of rotatable bonds is 8. The first-order valence-electron chi connectivity index (χ1n) is 9.85. The van der Waals surface area contributed by atoms with Gasteiger partial charge in [0.15, 0.2) is 5.96 Å². The molecule has 7 heteroatoms. The van der Waals surface area contributed by atoms with E-state index in [0.717, 1.165) is 48.0 Å². The van der Waals surface area contributed by atoms with Gasteiger partial charge < -0.3 is 19.8 Å². The summed E-state index contributed by atoms with van der Waals surface area (Å²) >= 11 is 0. The summed E-state index contributed by atoms with van der Waals surface area (Å²) < 4.78 is 11.0. The van der Waals surface area contributed by atoms with E-state index < -0.39 is 0 Å². The molecule has 0 bridgehead atoms. The number of methoxy groups -OCH3 is 1. The van der Waals surface area contributed by atoms with E-state index in [-0.39, 0.29) is 24.0 Å². The van der Waals surface area contributed by atoms with Crippen LogP contribution in [0.2, 0.25) is 0 Å². The highest BCUT2D eigenvalue weighted by molar-refractivity contribution is 14.0. The first kappa shape index (κ1) is 23.7. The van der Waals surface area contributed by atoms with E-state index in [4.69, 9.17) is 9.15 Å². The van der Waals surface area contributed by atoms with Crippen LogP contribution in [0.25, 0.3) is 11.5 Å². The molecule has 2 N–H and O–H groups in total. The van der Waals surface area contributed by atoms with Crippen LogP contribution in [0.5, 0.6) is 5.75 Å². The van der Waals surface area contributed by atoms with Gasteiger partial charge in [0.05, 0.1) is 13.7 Å². The molecule has 1 heterocycles. The number of nitrogens with zero attached hydrogens (tertiary/aromatic N) is 2. The minimum atomic E-state index is 0. The molecule has 0 aliphatic heterocycles. The van der Waals surface area contributed by atoms with Crippen molar-refractivity contribution in [1.82, 2.24) is 15.6 Å².